The highest BCUT2D eigenvalue weighted by Gasteiger charge is 2.70. The third-order valence-electron chi connectivity index (χ3n) is 2.78. The van der Waals surface area contributed by atoms with Gasteiger partial charge in [-0.05, 0) is 19.4 Å². The van der Waals surface area contributed by atoms with E-state index in [0.717, 1.165) is 19.5 Å². The maximum Gasteiger partial charge on any atom is 0.482 e. The lowest BCUT2D eigenvalue weighted by Crippen LogP contribution is -2.56. The van der Waals surface area contributed by atoms with Gasteiger partial charge in [0.1, 0.15) is 6.10 Å². The van der Waals surface area contributed by atoms with Gasteiger partial charge < -0.3 is 5.32 Å². The van der Waals surface area contributed by atoms with Gasteiger partial charge in [0.25, 0.3) is 5.91 Å². The summed E-state index contributed by atoms with van der Waals surface area (Å²) in [7, 11) is -3.26. The van der Waals surface area contributed by atoms with Crippen molar-refractivity contribution in [2.45, 2.75) is 24.9 Å². The molecule has 2 bridgehead atoms. The second-order valence-corrected chi connectivity index (χ2v) is 5.67. The van der Waals surface area contributed by atoms with Crippen molar-refractivity contribution in [2.75, 3.05) is 19.6 Å². The molecule has 0 aromatic heterocycles. The second-order valence-electron chi connectivity index (χ2n) is 4.20. The molecule has 3 aliphatic heterocycles. The summed E-state index contributed by atoms with van der Waals surface area (Å²) < 4.78 is 27.4. The van der Waals surface area contributed by atoms with Gasteiger partial charge in [-0.1, -0.05) is 12.2 Å². The molecule has 2 N–H and O–H groups in total. The lowest BCUT2D eigenvalue weighted by atomic mass is 10.1. The molecule has 1 atom stereocenters. The van der Waals surface area contributed by atoms with Crippen molar-refractivity contribution in [2.24, 2.45) is 0 Å². The first-order valence-corrected chi connectivity index (χ1v) is 7.48. The van der Waals surface area contributed by atoms with E-state index in [0.29, 0.717) is 13.0 Å². The number of nitrogens with one attached hydrogen (secondary N) is 2. The molecule has 102 valence electrons. The minimum atomic E-state index is -3.26. The van der Waals surface area contributed by atoms with Crippen LogP contribution < -0.4 is 10.6 Å². The van der Waals surface area contributed by atoms with Gasteiger partial charge in [0.05, 0.1) is 0 Å². The zero-order valence-corrected chi connectivity index (χ0v) is 11.2. The van der Waals surface area contributed by atoms with E-state index < -0.39 is 13.7 Å². The number of phosphoric acid groups is 1. The van der Waals surface area contributed by atoms with E-state index in [1.807, 2.05) is 0 Å². The van der Waals surface area contributed by atoms with Gasteiger partial charge in [0, 0.05) is 13.1 Å². The number of phosphoric ester groups is 1. The summed E-state index contributed by atoms with van der Waals surface area (Å²) >= 11 is 0. The van der Waals surface area contributed by atoms with Crippen LogP contribution in [-0.2, 0) is 18.1 Å². The average molecular weight is 274 g/mol. The number of fused-ring (bicyclic) bond motifs is 1. The zero-order valence-electron chi connectivity index (χ0n) is 10.3. The van der Waals surface area contributed by atoms with Gasteiger partial charge in [-0.15, -0.1) is 13.2 Å². The molecule has 3 heterocycles. The van der Waals surface area contributed by atoms with Crippen molar-refractivity contribution >= 4 is 7.82 Å². The fourth-order valence-electron chi connectivity index (χ4n) is 1.98. The first-order valence-electron chi connectivity index (χ1n) is 6.01. The largest absolute Gasteiger partial charge is 0.482 e. The topological polar surface area (TPSA) is 68.8 Å². The van der Waals surface area contributed by atoms with E-state index >= 15 is 0 Å². The molecule has 7 heteroatoms. The first-order chi connectivity index (χ1) is 8.64. The molecule has 3 rings (SSSR count). The van der Waals surface area contributed by atoms with Crippen molar-refractivity contribution in [1.82, 2.24) is 10.6 Å². The Morgan fingerprint density at radius 3 is 2.67 bits per heavy atom. The van der Waals surface area contributed by atoms with Gasteiger partial charge in [-0.2, -0.15) is 0 Å². The number of hydrogen-bond acceptors (Lipinski definition) is 6. The molecule has 3 saturated heterocycles. The van der Waals surface area contributed by atoms with Gasteiger partial charge >= 0.3 is 7.82 Å². The highest BCUT2D eigenvalue weighted by molar-refractivity contribution is 7.50. The van der Waals surface area contributed by atoms with Crippen molar-refractivity contribution < 1.29 is 18.1 Å². The summed E-state index contributed by atoms with van der Waals surface area (Å²) in [6, 6.07) is 0. The monoisotopic (exact) mass is 274 g/mol. The Bertz CT molecular complexity index is 364. The Hall–Kier alpha value is -0.490. The Kier molecular flexibility index (Phi) is 4.37. The van der Waals surface area contributed by atoms with Crippen LogP contribution in [0.25, 0.3) is 0 Å². The zero-order chi connectivity index (χ0) is 13.1. The summed E-state index contributed by atoms with van der Waals surface area (Å²) in [6.07, 6.45) is 4.74. The highest BCUT2D eigenvalue weighted by Crippen LogP contribution is 2.73. The summed E-state index contributed by atoms with van der Waals surface area (Å²) in [5.41, 5.74) is 0. The molecule has 3 fully saturated rings. The SMILES string of the molecule is C=CCNCCCC1OP2(=O)OC1(NCC=C)O2. The fraction of sp³-hybridized carbons (Fsp3) is 0.636. The van der Waals surface area contributed by atoms with E-state index in [1.165, 1.54) is 0 Å². The Morgan fingerprint density at radius 1 is 1.28 bits per heavy atom. The van der Waals surface area contributed by atoms with Crippen LogP contribution in [0.3, 0.4) is 0 Å². The fourth-order valence-corrected chi connectivity index (χ4v) is 3.66. The summed E-state index contributed by atoms with van der Waals surface area (Å²) in [4.78, 5) is 0. The van der Waals surface area contributed by atoms with Crippen LogP contribution in [0, 0.1) is 0 Å². The molecule has 3 aliphatic rings. The quantitative estimate of drug-likeness (QED) is 0.377. The van der Waals surface area contributed by atoms with Gasteiger partial charge in [0.2, 0.25) is 0 Å². The first kappa shape index (κ1) is 13.9. The molecule has 0 aliphatic carbocycles. The van der Waals surface area contributed by atoms with Crippen molar-refractivity contribution in [3.8, 4) is 0 Å². The minimum Gasteiger partial charge on any atom is -0.313 e. The highest BCUT2D eigenvalue weighted by atomic mass is 31.2. The predicted molar refractivity (Wildman–Crippen MR) is 67.9 cm³/mol. The van der Waals surface area contributed by atoms with Crippen LogP contribution in [0.4, 0.5) is 0 Å². The van der Waals surface area contributed by atoms with Gasteiger partial charge in [-0.25, -0.2) is 13.6 Å². The second kappa shape index (κ2) is 5.65. The molecule has 18 heavy (non-hydrogen) atoms. The van der Waals surface area contributed by atoms with E-state index in [2.05, 4.69) is 23.8 Å². The minimum absolute atomic E-state index is 0.339. The standard InChI is InChI=1S/C11H19N2O4P/c1-3-7-12-9-5-6-10-11(13-8-4-2)16-18(14,15-10)17-11/h3-4,10,12-13H,1-2,5-9H2. The third-order valence-corrected chi connectivity index (χ3v) is 4.28. The molecular formula is C11H19N2O4P. The van der Waals surface area contributed by atoms with Crippen LogP contribution in [0.15, 0.2) is 25.3 Å². The van der Waals surface area contributed by atoms with E-state index in [4.69, 9.17) is 13.6 Å². The maximum atomic E-state index is 11.6. The van der Waals surface area contributed by atoms with E-state index in [9.17, 15) is 4.57 Å². The number of rotatable bonds is 9. The molecule has 6 nitrogen and oxygen atoms in total. The van der Waals surface area contributed by atoms with Crippen LogP contribution in [0.5, 0.6) is 0 Å². The molecule has 0 radical (unpaired) electrons. The molecule has 0 aromatic carbocycles. The average Bonchev–Trinajstić information content (AvgIpc) is 2.74. The Labute approximate surface area is 107 Å². The maximum absolute atomic E-state index is 11.6. The van der Waals surface area contributed by atoms with Crippen LogP contribution in [0.2, 0.25) is 0 Å². The number of hydrogen-bond donors (Lipinski definition) is 2. The Balaban J connectivity index is 1.78. The van der Waals surface area contributed by atoms with Gasteiger partial charge in [0.15, 0.2) is 0 Å². The van der Waals surface area contributed by atoms with Crippen LogP contribution in [-0.4, -0.2) is 31.6 Å². The smallest absolute Gasteiger partial charge is 0.313 e. The van der Waals surface area contributed by atoms with Crippen molar-refractivity contribution in [3.05, 3.63) is 25.3 Å². The molecule has 0 aromatic rings. The van der Waals surface area contributed by atoms with Crippen LogP contribution >= 0.6 is 7.82 Å². The molecule has 1 unspecified atom stereocenters. The van der Waals surface area contributed by atoms with E-state index in [1.54, 1.807) is 12.2 Å². The van der Waals surface area contributed by atoms with Crippen molar-refractivity contribution in [1.29, 1.82) is 0 Å². The van der Waals surface area contributed by atoms with Crippen LogP contribution in [0.1, 0.15) is 12.8 Å². The normalized spacial score (nSPS) is 37.2. The summed E-state index contributed by atoms with van der Waals surface area (Å²) in [5.74, 6) is -1.04. The van der Waals surface area contributed by atoms with E-state index in [-0.39, 0.29) is 6.10 Å². The van der Waals surface area contributed by atoms with Gasteiger partial charge in [-0.3, -0.25) is 9.84 Å². The third kappa shape index (κ3) is 2.74. The lowest BCUT2D eigenvalue weighted by Gasteiger charge is -2.36. The summed E-state index contributed by atoms with van der Waals surface area (Å²) in [5, 5.41) is 6.20. The summed E-state index contributed by atoms with van der Waals surface area (Å²) in [6.45, 7) is 9.35. The molecular weight excluding hydrogens is 255 g/mol. The lowest BCUT2D eigenvalue weighted by molar-refractivity contribution is -0.205. The molecule has 0 spiro atoms. The molecule has 0 saturated carbocycles. The molecule has 0 amide bonds. The van der Waals surface area contributed by atoms with Crippen molar-refractivity contribution in [3.63, 3.8) is 0 Å². The predicted octanol–water partition coefficient (Wildman–Crippen LogP) is 1.53. The Morgan fingerprint density at radius 2 is 2.00 bits per heavy atom.